The predicted octanol–water partition coefficient (Wildman–Crippen LogP) is 7.42. The van der Waals surface area contributed by atoms with Gasteiger partial charge in [-0.25, -0.2) is 13.8 Å². The van der Waals surface area contributed by atoms with Gasteiger partial charge in [0.15, 0.2) is 0 Å². The highest BCUT2D eigenvalue weighted by Gasteiger charge is 2.46. The Bertz CT molecular complexity index is 1100. The lowest BCUT2D eigenvalue weighted by Crippen LogP contribution is -2.58. The Morgan fingerprint density at radius 3 is 2.70 bits per heavy atom. The molecule has 1 saturated heterocycles. The highest BCUT2D eigenvalue weighted by atomic mass is 35.5. The molecule has 1 aromatic carbocycles. The van der Waals surface area contributed by atoms with E-state index in [0.717, 1.165) is 12.0 Å². The fourth-order valence-electron chi connectivity index (χ4n) is 4.09. The van der Waals surface area contributed by atoms with Crippen molar-refractivity contribution < 1.29 is 13.6 Å². The first kappa shape index (κ1) is 30.7. The van der Waals surface area contributed by atoms with Gasteiger partial charge in [0.25, 0.3) is 11.8 Å². The standard InChI is InChI=1S/C28H36Cl2F2N4O/c1-6-9-12-33-15-21-10-11-23(30)13-24(21)27(37)36-18-28(31,32)14-20(5)25(36)17-35-26(19(4)7-2)34-16-22(29)8-3/h6,8-13,16,20,25,35H,7,14-15,17-18H2,1-5H3/b9-6-,22-8+,26-19+,33-12-,34-16-. The highest BCUT2D eigenvalue weighted by molar-refractivity contribution is 6.39. The number of alkyl halides is 2. The number of likely N-dealkylation sites (tertiary alicyclic amines) is 1. The van der Waals surface area contributed by atoms with Gasteiger partial charge in [-0.2, -0.15) is 0 Å². The number of benzene rings is 1. The lowest BCUT2D eigenvalue weighted by molar-refractivity contribution is -0.0912. The topological polar surface area (TPSA) is 57.1 Å². The van der Waals surface area contributed by atoms with Gasteiger partial charge in [-0.05, 0) is 62.5 Å². The van der Waals surface area contributed by atoms with E-state index < -0.39 is 30.3 Å². The number of rotatable bonds is 10. The van der Waals surface area contributed by atoms with E-state index >= 15 is 0 Å². The van der Waals surface area contributed by atoms with Crippen molar-refractivity contribution in [2.24, 2.45) is 15.9 Å². The van der Waals surface area contributed by atoms with Crippen molar-refractivity contribution in [1.82, 2.24) is 10.2 Å². The summed E-state index contributed by atoms with van der Waals surface area (Å²) in [6, 6.07) is 4.43. The molecule has 9 heteroatoms. The summed E-state index contributed by atoms with van der Waals surface area (Å²) in [6.07, 6.45) is 8.95. The molecule has 1 fully saturated rings. The van der Waals surface area contributed by atoms with Crippen LogP contribution in [0.2, 0.25) is 5.02 Å². The van der Waals surface area contributed by atoms with E-state index in [-0.39, 0.29) is 25.1 Å². The number of carbonyl (C=O) groups excluding carboxylic acids is 1. The molecule has 1 amide bonds. The van der Waals surface area contributed by atoms with Crippen molar-refractivity contribution in [3.63, 3.8) is 0 Å². The fourth-order valence-corrected chi connectivity index (χ4v) is 4.31. The molecule has 0 aromatic heterocycles. The van der Waals surface area contributed by atoms with Gasteiger partial charge < -0.3 is 10.2 Å². The summed E-state index contributed by atoms with van der Waals surface area (Å²) in [6.45, 7) is 9.19. The second-order valence-electron chi connectivity index (χ2n) is 9.15. The molecular formula is C28H36Cl2F2N4O. The highest BCUT2D eigenvalue weighted by Crippen LogP contribution is 2.35. The average molecular weight is 554 g/mol. The van der Waals surface area contributed by atoms with Gasteiger partial charge in [-0.1, -0.05) is 55.3 Å². The predicted molar refractivity (Wildman–Crippen MR) is 151 cm³/mol. The first-order chi connectivity index (χ1) is 17.5. The van der Waals surface area contributed by atoms with Crippen LogP contribution in [0, 0.1) is 5.92 Å². The molecule has 2 rings (SSSR count). The van der Waals surface area contributed by atoms with Crippen molar-refractivity contribution in [2.45, 2.75) is 66.0 Å². The molecule has 37 heavy (non-hydrogen) atoms. The van der Waals surface area contributed by atoms with Crippen LogP contribution in [-0.2, 0) is 6.54 Å². The number of aliphatic imine (C=N–C) groups is 2. The van der Waals surface area contributed by atoms with Gasteiger partial charge in [0.2, 0.25) is 0 Å². The van der Waals surface area contributed by atoms with Crippen LogP contribution in [0.15, 0.2) is 62.8 Å². The van der Waals surface area contributed by atoms with Crippen LogP contribution in [0.4, 0.5) is 8.78 Å². The van der Waals surface area contributed by atoms with Crippen LogP contribution in [0.5, 0.6) is 0 Å². The van der Waals surface area contributed by atoms with Gasteiger partial charge in [-0.15, -0.1) is 0 Å². The Kier molecular flexibility index (Phi) is 12.0. The van der Waals surface area contributed by atoms with Crippen LogP contribution < -0.4 is 5.32 Å². The monoisotopic (exact) mass is 552 g/mol. The molecule has 1 heterocycles. The summed E-state index contributed by atoms with van der Waals surface area (Å²) in [5.74, 6) is -3.33. The molecule has 1 aliphatic rings. The number of amides is 1. The summed E-state index contributed by atoms with van der Waals surface area (Å²) < 4.78 is 29.5. The molecular weight excluding hydrogens is 517 g/mol. The first-order valence-corrected chi connectivity index (χ1v) is 13.2. The van der Waals surface area contributed by atoms with E-state index in [1.807, 2.05) is 26.8 Å². The molecule has 1 N–H and O–H groups in total. The number of allylic oxidation sites excluding steroid dienone is 5. The minimum absolute atomic E-state index is 0.230. The molecule has 0 saturated carbocycles. The summed E-state index contributed by atoms with van der Waals surface area (Å²) in [7, 11) is 0. The summed E-state index contributed by atoms with van der Waals surface area (Å²) in [5, 5.41) is 4.13. The van der Waals surface area contributed by atoms with E-state index in [2.05, 4.69) is 15.3 Å². The lowest BCUT2D eigenvalue weighted by Gasteiger charge is -2.44. The third-order valence-corrected chi connectivity index (χ3v) is 6.85. The fraction of sp³-hybridized carbons (Fsp3) is 0.464. The van der Waals surface area contributed by atoms with Gasteiger partial charge in [0, 0.05) is 36.0 Å². The Hall–Kier alpha value is -2.51. The Labute approximate surface area is 229 Å². The molecule has 0 radical (unpaired) electrons. The van der Waals surface area contributed by atoms with Gasteiger partial charge in [0.05, 0.1) is 24.2 Å². The van der Waals surface area contributed by atoms with E-state index in [1.54, 1.807) is 44.3 Å². The number of hydrogen-bond acceptors (Lipinski definition) is 4. The zero-order valence-electron chi connectivity index (χ0n) is 22.1. The Morgan fingerprint density at radius 2 is 2.05 bits per heavy atom. The van der Waals surface area contributed by atoms with Crippen LogP contribution in [0.1, 0.15) is 63.4 Å². The number of nitrogens with zero attached hydrogens (tertiary/aromatic N) is 3. The smallest absolute Gasteiger partial charge is 0.265 e. The van der Waals surface area contributed by atoms with Crippen molar-refractivity contribution >= 4 is 41.5 Å². The minimum atomic E-state index is -3.00. The third-order valence-electron chi connectivity index (χ3n) is 6.29. The van der Waals surface area contributed by atoms with Gasteiger partial charge in [0.1, 0.15) is 5.82 Å². The van der Waals surface area contributed by atoms with Crippen LogP contribution in [-0.4, -0.2) is 48.3 Å². The number of nitrogens with one attached hydrogen (secondary N) is 1. The quantitative estimate of drug-likeness (QED) is 0.307. The van der Waals surface area contributed by atoms with E-state index in [0.29, 0.717) is 21.4 Å². The van der Waals surface area contributed by atoms with Gasteiger partial charge >= 0.3 is 0 Å². The normalized spacial score (nSPS) is 21.2. The Balaban J connectivity index is 2.40. The molecule has 0 bridgehead atoms. The molecule has 0 spiro atoms. The lowest BCUT2D eigenvalue weighted by atomic mass is 9.87. The number of hydrogen-bond donors (Lipinski definition) is 1. The largest absolute Gasteiger partial charge is 0.368 e. The number of halogens is 4. The Morgan fingerprint density at radius 1 is 1.32 bits per heavy atom. The summed E-state index contributed by atoms with van der Waals surface area (Å²) in [4.78, 5) is 23.8. The van der Waals surface area contributed by atoms with Crippen LogP contribution >= 0.6 is 23.2 Å². The molecule has 1 aromatic rings. The zero-order valence-corrected chi connectivity index (χ0v) is 23.6. The maximum atomic E-state index is 14.7. The zero-order chi connectivity index (χ0) is 27.6. The van der Waals surface area contributed by atoms with Gasteiger partial charge in [-0.3, -0.25) is 9.79 Å². The number of carbonyl (C=O) groups is 1. The minimum Gasteiger partial charge on any atom is -0.368 e. The summed E-state index contributed by atoms with van der Waals surface area (Å²) in [5.41, 5.74) is 1.88. The molecule has 0 aliphatic carbocycles. The van der Waals surface area contributed by atoms with Crippen molar-refractivity contribution in [3.05, 3.63) is 69.0 Å². The van der Waals surface area contributed by atoms with Crippen molar-refractivity contribution in [3.8, 4) is 0 Å². The second-order valence-corrected chi connectivity index (χ2v) is 10.0. The summed E-state index contributed by atoms with van der Waals surface area (Å²) >= 11 is 12.3. The average Bonchev–Trinajstić information content (AvgIpc) is 2.86. The SMILES string of the molecule is C/C=C\C=N/Cc1ccc(Cl)cc1C(=O)N1CC(F)(F)CC(C)C1CNC(/N=C\C(Cl)=C/C)=C(\C)CC. The van der Waals surface area contributed by atoms with Crippen LogP contribution in [0.3, 0.4) is 0 Å². The molecule has 5 nitrogen and oxygen atoms in total. The van der Waals surface area contributed by atoms with Crippen molar-refractivity contribution in [2.75, 3.05) is 13.1 Å². The maximum absolute atomic E-state index is 14.7. The van der Waals surface area contributed by atoms with Crippen molar-refractivity contribution in [1.29, 1.82) is 0 Å². The van der Waals surface area contributed by atoms with E-state index in [1.165, 1.54) is 17.2 Å². The molecule has 2 unspecified atom stereocenters. The maximum Gasteiger partial charge on any atom is 0.265 e. The van der Waals surface area contributed by atoms with E-state index in [9.17, 15) is 13.6 Å². The molecule has 202 valence electrons. The van der Waals surface area contributed by atoms with E-state index in [4.69, 9.17) is 23.2 Å². The second kappa shape index (κ2) is 14.4. The van der Waals surface area contributed by atoms with Crippen LogP contribution in [0.25, 0.3) is 0 Å². The number of piperidine rings is 1. The molecule has 1 aliphatic heterocycles. The molecule has 2 atom stereocenters. The first-order valence-electron chi connectivity index (χ1n) is 12.4. The third kappa shape index (κ3) is 9.08.